The van der Waals surface area contributed by atoms with Gasteiger partial charge in [0.25, 0.3) is 0 Å². The third kappa shape index (κ3) is 1.74. The molecule has 0 unspecified atom stereocenters. The lowest BCUT2D eigenvalue weighted by molar-refractivity contribution is 0.571. The first-order chi connectivity index (χ1) is 8.55. The van der Waals surface area contributed by atoms with Crippen LogP contribution in [0.15, 0.2) is 42.6 Å². The second-order valence-corrected chi connectivity index (χ2v) is 5.65. The summed E-state index contributed by atoms with van der Waals surface area (Å²) < 4.78 is 0. The van der Waals surface area contributed by atoms with Crippen LogP contribution in [0.25, 0.3) is 21.8 Å². The summed E-state index contributed by atoms with van der Waals surface area (Å²) >= 11 is 0. The van der Waals surface area contributed by atoms with Gasteiger partial charge in [-0.3, -0.25) is 9.97 Å². The Bertz CT molecular complexity index is 724. The molecule has 2 aromatic heterocycles. The van der Waals surface area contributed by atoms with Gasteiger partial charge in [0, 0.05) is 28.1 Å². The van der Waals surface area contributed by atoms with E-state index in [1.165, 1.54) is 5.39 Å². The van der Waals surface area contributed by atoms with Gasteiger partial charge < -0.3 is 0 Å². The van der Waals surface area contributed by atoms with E-state index in [1.54, 1.807) is 0 Å². The highest BCUT2D eigenvalue weighted by molar-refractivity contribution is 6.03. The number of pyridine rings is 2. The summed E-state index contributed by atoms with van der Waals surface area (Å²) in [6.07, 6.45) is 1.82. The van der Waals surface area contributed by atoms with Crippen molar-refractivity contribution in [1.29, 1.82) is 0 Å². The van der Waals surface area contributed by atoms with Gasteiger partial charge in [0.1, 0.15) is 0 Å². The predicted octanol–water partition coefficient (Wildman–Crippen LogP) is 4.08. The molecule has 3 rings (SSSR count). The topological polar surface area (TPSA) is 25.8 Å². The molecule has 0 aliphatic carbocycles. The monoisotopic (exact) mass is 236 g/mol. The van der Waals surface area contributed by atoms with E-state index in [-0.39, 0.29) is 5.41 Å². The Balaban J connectivity index is 2.40. The van der Waals surface area contributed by atoms with Crippen molar-refractivity contribution in [3.05, 3.63) is 48.3 Å². The fourth-order valence-corrected chi connectivity index (χ4v) is 2.16. The first-order valence-electron chi connectivity index (χ1n) is 6.21. The number of nitrogens with zero attached hydrogens (tertiary/aromatic N) is 2. The quantitative estimate of drug-likeness (QED) is 0.550. The zero-order valence-electron chi connectivity index (χ0n) is 10.9. The Kier molecular flexibility index (Phi) is 2.34. The van der Waals surface area contributed by atoms with E-state index in [4.69, 9.17) is 4.98 Å². The summed E-state index contributed by atoms with van der Waals surface area (Å²) in [5.74, 6) is 0. The fourth-order valence-electron chi connectivity index (χ4n) is 2.16. The van der Waals surface area contributed by atoms with Gasteiger partial charge in [0.05, 0.1) is 11.0 Å². The van der Waals surface area contributed by atoms with Crippen LogP contribution in [0.2, 0.25) is 0 Å². The molecule has 0 amide bonds. The van der Waals surface area contributed by atoms with Crippen LogP contribution in [0, 0.1) is 0 Å². The zero-order chi connectivity index (χ0) is 12.8. The number of aromatic nitrogens is 2. The van der Waals surface area contributed by atoms with Gasteiger partial charge in [-0.15, -0.1) is 0 Å². The van der Waals surface area contributed by atoms with E-state index >= 15 is 0 Å². The van der Waals surface area contributed by atoms with Gasteiger partial charge in [0.15, 0.2) is 0 Å². The van der Waals surface area contributed by atoms with Crippen molar-refractivity contribution in [2.45, 2.75) is 26.2 Å². The van der Waals surface area contributed by atoms with Gasteiger partial charge in [-0.25, -0.2) is 0 Å². The van der Waals surface area contributed by atoms with E-state index in [2.05, 4.69) is 56.1 Å². The molecule has 0 saturated carbocycles. The highest BCUT2D eigenvalue weighted by Crippen LogP contribution is 2.26. The standard InChI is InChI=1S/C16H16N2/c1-16(2,3)14-9-7-11-6-8-13-12(15(11)18-14)5-4-10-17-13/h4-10H,1-3H3. The molecule has 3 aromatic rings. The molecule has 0 atom stereocenters. The van der Waals surface area contributed by atoms with Crippen LogP contribution in [-0.4, -0.2) is 9.97 Å². The Morgan fingerprint density at radius 3 is 2.50 bits per heavy atom. The maximum atomic E-state index is 4.83. The molecule has 0 aliphatic rings. The largest absolute Gasteiger partial charge is 0.256 e. The zero-order valence-corrected chi connectivity index (χ0v) is 10.9. The first kappa shape index (κ1) is 11.1. The molecule has 2 heteroatoms. The molecule has 2 nitrogen and oxygen atoms in total. The van der Waals surface area contributed by atoms with Crippen LogP contribution in [0.4, 0.5) is 0 Å². The van der Waals surface area contributed by atoms with Gasteiger partial charge in [-0.05, 0) is 24.3 Å². The molecule has 0 fully saturated rings. The van der Waals surface area contributed by atoms with E-state index in [0.717, 1.165) is 22.1 Å². The van der Waals surface area contributed by atoms with Crippen LogP contribution in [0.1, 0.15) is 26.5 Å². The van der Waals surface area contributed by atoms with Crippen molar-refractivity contribution in [2.24, 2.45) is 0 Å². The van der Waals surface area contributed by atoms with Crippen LogP contribution in [0.5, 0.6) is 0 Å². The number of rotatable bonds is 0. The third-order valence-corrected chi connectivity index (χ3v) is 3.21. The minimum absolute atomic E-state index is 0.0680. The van der Waals surface area contributed by atoms with Gasteiger partial charge in [-0.1, -0.05) is 32.9 Å². The maximum Gasteiger partial charge on any atom is 0.0799 e. The molecule has 0 spiro atoms. The molecule has 18 heavy (non-hydrogen) atoms. The van der Waals surface area contributed by atoms with E-state index < -0.39 is 0 Å². The van der Waals surface area contributed by atoms with Crippen molar-refractivity contribution in [3.8, 4) is 0 Å². The summed E-state index contributed by atoms with van der Waals surface area (Å²) in [6.45, 7) is 6.56. The maximum absolute atomic E-state index is 4.83. The summed E-state index contributed by atoms with van der Waals surface area (Å²) in [4.78, 5) is 9.22. The minimum atomic E-state index is 0.0680. The van der Waals surface area contributed by atoms with Crippen LogP contribution in [-0.2, 0) is 5.41 Å². The van der Waals surface area contributed by atoms with Crippen molar-refractivity contribution in [3.63, 3.8) is 0 Å². The minimum Gasteiger partial charge on any atom is -0.256 e. The Hall–Kier alpha value is -1.96. The summed E-state index contributed by atoms with van der Waals surface area (Å²) in [5.41, 5.74) is 3.24. The summed E-state index contributed by atoms with van der Waals surface area (Å²) in [5, 5.41) is 2.30. The number of fused-ring (bicyclic) bond motifs is 3. The molecule has 0 radical (unpaired) electrons. The van der Waals surface area contributed by atoms with Crippen molar-refractivity contribution < 1.29 is 0 Å². The molecular formula is C16H16N2. The van der Waals surface area contributed by atoms with Gasteiger partial charge in [-0.2, -0.15) is 0 Å². The Morgan fingerprint density at radius 2 is 1.72 bits per heavy atom. The fraction of sp³-hybridized carbons (Fsp3) is 0.250. The average Bonchev–Trinajstić information content (AvgIpc) is 2.37. The van der Waals surface area contributed by atoms with Crippen molar-refractivity contribution in [2.75, 3.05) is 0 Å². The Labute approximate surface area is 107 Å². The SMILES string of the molecule is CC(C)(C)c1ccc2ccc3ncccc3c2n1. The lowest BCUT2D eigenvalue weighted by Crippen LogP contribution is -2.13. The van der Waals surface area contributed by atoms with E-state index in [1.807, 2.05) is 12.3 Å². The molecule has 0 saturated heterocycles. The molecule has 2 heterocycles. The Morgan fingerprint density at radius 1 is 0.944 bits per heavy atom. The van der Waals surface area contributed by atoms with Gasteiger partial charge in [0.2, 0.25) is 0 Å². The normalized spacial score (nSPS) is 12.2. The van der Waals surface area contributed by atoms with Gasteiger partial charge >= 0.3 is 0 Å². The summed E-state index contributed by atoms with van der Waals surface area (Å²) in [7, 11) is 0. The molecule has 0 aliphatic heterocycles. The number of hydrogen-bond acceptors (Lipinski definition) is 2. The highest BCUT2D eigenvalue weighted by Gasteiger charge is 2.16. The number of benzene rings is 1. The van der Waals surface area contributed by atoms with Crippen LogP contribution < -0.4 is 0 Å². The predicted molar refractivity (Wildman–Crippen MR) is 75.7 cm³/mol. The first-order valence-corrected chi connectivity index (χ1v) is 6.21. The van der Waals surface area contributed by atoms with Crippen molar-refractivity contribution >= 4 is 21.8 Å². The summed E-state index contributed by atoms with van der Waals surface area (Å²) in [6, 6.07) is 12.5. The molecular weight excluding hydrogens is 220 g/mol. The lowest BCUT2D eigenvalue weighted by atomic mass is 9.91. The van der Waals surface area contributed by atoms with E-state index in [0.29, 0.717) is 0 Å². The van der Waals surface area contributed by atoms with Crippen LogP contribution >= 0.6 is 0 Å². The second kappa shape index (κ2) is 3.77. The third-order valence-electron chi connectivity index (χ3n) is 3.21. The molecule has 0 bridgehead atoms. The molecule has 0 N–H and O–H groups in total. The smallest absolute Gasteiger partial charge is 0.0799 e. The second-order valence-electron chi connectivity index (χ2n) is 5.65. The van der Waals surface area contributed by atoms with Crippen molar-refractivity contribution in [1.82, 2.24) is 9.97 Å². The lowest BCUT2D eigenvalue weighted by Gasteiger charge is -2.18. The molecule has 90 valence electrons. The average molecular weight is 236 g/mol. The highest BCUT2D eigenvalue weighted by atomic mass is 14.7. The van der Waals surface area contributed by atoms with Crippen LogP contribution in [0.3, 0.4) is 0 Å². The molecule has 1 aromatic carbocycles. The van der Waals surface area contributed by atoms with E-state index in [9.17, 15) is 0 Å². The number of hydrogen-bond donors (Lipinski definition) is 0.